The Labute approximate surface area is 152 Å². The van der Waals surface area contributed by atoms with Crippen LogP contribution in [0.15, 0.2) is 0 Å². The average molecular weight is 298 g/mol. The first-order valence-corrected chi connectivity index (χ1v) is 11.2. The minimum atomic E-state index is -1.89. The standard InChI is InChI=1S/2C7H11.2C2H5.Al.Na/c2*1-3-5-7-6-4-2;2*1-2;;/h2*3,5-7H2,1H3;2*1H2,2H3;;/q;;;;-1;+1. The molecule has 0 bridgehead atoms. The molecule has 0 rings (SSSR count). The van der Waals surface area contributed by atoms with Crippen molar-refractivity contribution in [2.24, 2.45) is 0 Å². The fraction of sp³-hybridized carbons (Fsp3) is 0.778. The molecular formula is C18H32AlNa. The fourth-order valence-electron chi connectivity index (χ4n) is 2.19. The molecular weight excluding hydrogens is 266 g/mol. The predicted octanol–water partition coefficient (Wildman–Crippen LogP) is 2.72. The molecule has 0 aliphatic rings. The van der Waals surface area contributed by atoms with Gasteiger partial charge >= 0.3 is 42.6 Å². The van der Waals surface area contributed by atoms with Crippen LogP contribution in [0.1, 0.15) is 79.1 Å². The summed E-state index contributed by atoms with van der Waals surface area (Å²) in [4.78, 5) is 7.25. The van der Waals surface area contributed by atoms with Crippen LogP contribution in [0, 0.1) is 21.4 Å². The number of hydrogen-bond acceptors (Lipinski definition) is 0. The fourth-order valence-corrected chi connectivity index (χ4v) is 4.73. The topological polar surface area (TPSA) is 0 Å². The average Bonchev–Trinajstić information content (AvgIpc) is 2.45. The molecule has 0 aromatic carbocycles. The zero-order chi connectivity index (χ0) is 14.4. The monoisotopic (exact) mass is 298 g/mol. The van der Waals surface area contributed by atoms with Gasteiger partial charge in [0.15, 0.2) is 0 Å². The van der Waals surface area contributed by atoms with Crippen LogP contribution in [0.3, 0.4) is 0 Å². The Bertz CT molecular complexity index is 293. The second-order valence-electron chi connectivity index (χ2n) is 5.62. The molecule has 0 nitrogen and oxygen atoms in total. The summed E-state index contributed by atoms with van der Waals surface area (Å²) in [7, 11) is 0. The van der Waals surface area contributed by atoms with Crippen LogP contribution in [-0.2, 0) is 0 Å². The van der Waals surface area contributed by atoms with E-state index in [1.165, 1.54) is 49.1 Å². The molecule has 20 heavy (non-hydrogen) atoms. The zero-order valence-corrected chi connectivity index (χ0v) is 17.8. The third-order valence-electron chi connectivity index (χ3n) is 3.96. The SMILES string of the molecule is CCCCCC#[C][Al-]([C]#CCCCCC)([CH2]C)[CH2]C.[Na+]. The van der Waals surface area contributed by atoms with Crippen molar-refractivity contribution in [3.8, 4) is 21.4 Å². The van der Waals surface area contributed by atoms with Gasteiger partial charge in [0.2, 0.25) is 0 Å². The normalized spacial score (nSPS) is 9.80. The van der Waals surface area contributed by atoms with Crippen molar-refractivity contribution in [3.63, 3.8) is 0 Å². The molecule has 0 amide bonds. The van der Waals surface area contributed by atoms with Gasteiger partial charge in [-0.2, -0.15) is 22.4 Å². The zero-order valence-electron chi connectivity index (χ0n) is 14.6. The van der Waals surface area contributed by atoms with E-state index < -0.39 is 13.1 Å². The Morgan fingerprint density at radius 2 is 1.05 bits per heavy atom. The van der Waals surface area contributed by atoms with Crippen molar-refractivity contribution in [3.05, 3.63) is 0 Å². The van der Waals surface area contributed by atoms with Crippen LogP contribution in [0.25, 0.3) is 0 Å². The van der Waals surface area contributed by atoms with Crippen LogP contribution in [-0.4, -0.2) is 13.1 Å². The second-order valence-corrected chi connectivity index (χ2v) is 10.3. The molecule has 0 aliphatic heterocycles. The van der Waals surface area contributed by atoms with Crippen LogP contribution >= 0.6 is 0 Å². The molecule has 0 spiro atoms. The first-order chi connectivity index (χ1) is 9.24. The van der Waals surface area contributed by atoms with Crippen LogP contribution in [0.4, 0.5) is 0 Å². The van der Waals surface area contributed by atoms with Crippen LogP contribution in [0.2, 0.25) is 10.6 Å². The minimum Gasteiger partial charge on any atom is -0.337 e. The van der Waals surface area contributed by atoms with Gasteiger partial charge in [0.1, 0.15) is 0 Å². The molecule has 0 aromatic heterocycles. The van der Waals surface area contributed by atoms with Crippen molar-refractivity contribution in [2.75, 3.05) is 0 Å². The summed E-state index contributed by atoms with van der Waals surface area (Å²) in [6.07, 6.45) is 9.86. The molecule has 0 aliphatic carbocycles. The van der Waals surface area contributed by atoms with Crippen molar-refractivity contribution < 1.29 is 29.6 Å². The third-order valence-corrected chi connectivity index (χ3v) is 8.26. The van der Waals surface area contributed by atoms with Gasteiger partial charge in [0.25, 0.3) is 0 Å². The number of unbranched alkanes of at least 4 members (excludes halogenated alkanes) is 6. The number of rotatable bonds is 8. The summed E-state index contributed by atoms with van der Waals surface area (Å²) in [5.74, 6) is 6.87. The molecule has 0 unspecified atom stereocenters. The van der Waals surface area contributed by atoms with Gasteiger partial charge in [0, 0.05) is 12.8 Å². The summed E-state index contributed by atoms with van der Waals surface area (Å²) in [5, 5.41) is 2.43. The van der Waals surface area contributed by atoms with E-state index in [0.717, 1.165) is 12.8 Å². The van der Waals surface area contributed by atoms with Crippen molar-refractivity contribution >= 4 is 13.1 Å². The van der Waals surface area contributed by atoms with E-state index in [2.05, 4.69) is 49.1 Å². The Kier molecular flexibility index (Phi) is 18.4. The summed E-state index contributed by atoms with van der Waals surface area (Å²) >= 11 is -1.89. The van der Waals surface area contributed by atoms with E-state index in [1.54, 1.807) is 0 Å². The van der Waals surface area contributed by atoms with Gasteiger partial charge in [-0.3, -0.25) is 0 Å². The van der Waals surface area contributed by atoms with Gasteiger partial charge in [0.05, 0.1) is 0 Å². The maximum Gasteiger partial charge on any atom is 1.00 e. The maximum atomic E-state index is 3.63. The van der Waals surface area contributed by atoms with Gasteiger partial charge < -0.3 is 9.56 Å². The molecule has 108 valence electrons. The molecule has 0 fully saturated rings. The van der Waals surface area contributed by atoms with E-state index in [4.69, 9.17) is 0 Å². The Balaban J connectivity index is 0. The molecule has 0 aromatic rings. The largest absolute Gasteiger partial charge is 1.00 e. The molecule has 0 heterocycles. The summed E-state index contributed by atoms with van der Waals surface area (Å²) in [5.41, 5.74) is 0. The molecule has 2 heteroatoms. The molecule has 0 saturated carbocycles. The third kappa shape index (κ3) is 11.3. The summed E-state index contributed by atoms with van der Waals surface area (Å²) < 4.78 is 0. The van der Waals surface area contributed by atoms with E-state index in [0.29, 0.717) is 0 Å². The molecule has 0 radical (unpaired) electrons. The van der Waals surface area contributed by atoms with Crippen LogP contribution in [0.5, 0.6) is 0 Å². The Hall–Kier alpha value is 0.652. The van der Waals surface area contributed by atoms with Gasteiger partial charge in [-0.15, -0.1) is 13.8 Å². The van der Waals surface area contributed by atoms with Gasteiger partial charge in [-0.1, -0.05) is 39.5 Å². The first kappa shape index (κ1) is 22.9. The Morgan fingerprint density at radius 1 is 0.650 bits per heavy atom. The molecule has 0 N–H and O–H groups in total. The van der Waals surface area contributed by atoms with E-state index >= 15 is 0 Å². The smallest absolute Gasteiger partial charge is 0.337 e. The second kappa shape index (κ2) is 16.0. The van der Waals surface area contributed by atoms with Gasteiger partial charge in [-0.25, -0.2) is 0 Å². The number of hydrogen-bond donors (Lipinski definition) is 0. The first-order valence-electron chi connectivity index (χ1n) is 8.43. The van der Waals surface area contributed by atoms with E-state index in [9.17, 15) is 0 Å². The Morgan fingerprint density at radius 3 is 1.35 bits per heavy atom. The summed E-state index contributed by atoms with van der Waals surface area (Å²) in [6.45, 7) is 9.06. The van der Waals surface area contributed by atoms with Gasteiger partial charge in [-0.05, 0) is 12.8 Å². The maximum absolute atomic E-state index is 3.63. The molecule has 0 atom stereocenters. The summed E-state index contributed by atoms with van der Waals surface area (Å²) in [6, 6.07) is 0. The van der Waals surface area contributed by atoms with E-state index in [-0.39, 0.29) is 29.6 Å². The van der Waals surface area contributed by atoms with E-state index in [1.807, 2.05) is 0 Å². The molecule has 0 saturated heterocycles. The minimum absolute atomic E-state index is 0. The van der Waals surface area contributed by atoms with Crippen molar-refractivity contribution in [2.45, 2.75) is 89.6 Å². The predicted molar refractivity (Wildman–Crippen MR) is 90.6 cm³/mol. The van der Waals surface area contributed by atoms with Crippen molar-refractivity contribution in [1.82, 2.24) is 0 Å². The van der Waals surface area contributed by atoms with Crippen molar-refractivity contribution in [1.29, 1.82) is 0 Å². The quantitative estimate of drug-likeness (QED) is 0.367. The van der Waals surface area contributed by atoms with Crippen LogP contribution < -0.4 is 29.6 Å².